The van der Waals surface area contributed by atoms with Gasteiger partial charge < -0.3 is 0 Å². The minimum atomic E-state index is -0.144. The van der Waals surface area contributed by atoms with Gasteiger partial charge in [-0.25, -0.2) is 4.39 Å². The minimum absolute atomic E-state index is 0.144. The van der Waals surface area contributed by atoms with Gasteiger partial charge in [0.2, 0.25) is 0 Å². The Morgan fingerprint density at radius 3 is 2.00 bits per heavy atom. The Bertz CT molecular complexity index is 377. The van der Waals surface area contributed by atoms with Gasteiger partial charge in [-0.3, -0.25) is 0 Å². The van der Waals surface area contributed by atoms with E-state index in [-0.39, 0.29) is 5.82 Å². The van der Waals surface area contributed by atoms with Crippen LogP contribution in [0.1, 0.15) is 65.9 Å². The maximum Gasteiger partial charge on any atom is 0.123 e. The van der Waals surface area contributed by atoms with Crippen LogP contribution in [0.5, 0.6) is 0 Å². The van der Waals surface area contributed by atoms with Gasteiger partial charge in [0.1, 0.15) is 5.82 Å². The molecule has 108 valence electrons. The van der Waals surface area contributed by atoms with Gasteiger partial charge in [-0.05, 0) is 47.8 Å². The molecule has 1 heteroatoms. The van der Waals surface area contributed by atoms with Crippen molar-refractivity contribution in [2.24, 2.45) is 10.8 Å². The molecule has 0 aliphatic rings. The number of halogens is 1. The van der Waals surface area contributed by atoms with E-state index in [0.29, 0.717) is 10.8 Å². The molecule has 0 bridgehead atoms. The summed E-state index contributed by atoms with van der Waals surface area (Å²) in [5.74, 6) is -0.144. The molecule has 19 heavy (non-hydrogen) atoms. The lowest BCUT2D eigenvalue weighted by Gasteiger charge is -2.37. The van der Waals surface area contributed by atoms with Crippen LogP contribution < -0.4 is 0 Å². The monoisotopic (exact) mass is 264 g/mol. The molecule has 0 heterocycles. The second-order valence-electron chi connectivity index (χ2n) is 6.99. The van der Waals surface area contributed by atoms with Crippen LogP contribution in [0, 0.1) is 16.6 Å². The fourth-order valence-electron chi connectivity index (χ4n) is 2.77. The zero-order valence-electron chi connectivity index (χ0n) is 13.2. The SMILES string of the molecule is CCC(C)(C)CC(C)(CC)CCc1ccc(F)cc1. The molecule has 0 aliphatic heterocycles. The number of rotatable bonds is 7. The van der Waals surface area contributed by atoms with Crippen LogP contribution in [0.3, 0.4) is 0 Å². The highest BCUT2D eigenvalue weighted by atomic mass is 19.1. The molecular weight excluding hydrogens is 235 g/mol. The predicted octanol–water partition coefficient (Wildman–Crippen LogP) is 6.00. The van der Waals surface area contributed by atoms with Crippen LogP contribution in [0.2, 0.25) is 0 Å². The van der Waals surface area contributed by atoms with E-state index in [4.69, 9.17) is 0 Å². The Hall–Kier alpha value is -0.850. The Kier molecular flexibility index (Phi) is 5.58. The van der Waals surface area contributed by atoms with E-state index in [1.54, 1.807) is 12.1 Å². The van der Waals surface area contributed by atoms with E-state index in [0.717, 1.165) is 6.42 Å². The first-order valence-corrected chi connectivity index (χ1v) is 7.55. The molecule has 0 saturated heterocycles. The predicted molar refractivity (Wildman–Crippen MR) is 81.8 cm³/mol. The highest BCUT2D eigenvalue weighted by Gasteiger charge is 2.29. The molecule has 1 aromatic rings. The molecule has 1 unspecified atom stereocenters. The summed E-state index contributed by atoms with van der Waals surface area (Å²) in [5, 5.41) is 0. The van der Waals surface area contributed by atoms with Crippen LogP contribution in [0.25, 0.3) is 0 Å². The lowest BCUT2D eigenvalue weighted by Crippen LogP contribution is -2.25. The smallest absolute Gasteiger partial charge is 0.123 e. The Balaban J connectivity index is 2.63. The summed E-state index contributed by atoms with van der Waals surface area (Å²) in [7, 11) is 0. The second kappa shape index (κ2) is 6.54. The summed E-state index contributed by atoms with van der Waals surface area (Å²) < 4.78 is 12.9. The zero-order chi connectivity index (χ0) is 14.5. The fourth-order valence-corrected chi connectivity index (χ4v) is 2.77. The molecule has 1 rings (SSSR count). The van der Waals surface area contributed by atoms with Crippen molar-refractivity contribution in [1.29, 1.82) is 0 Å². The maximum atomic E-state index is 12.9. The third-order valence-corrected chi connectivity index (χ3v) is 4.65. The summed E-state index contributed by atoms with van der Waals surface area (Å²) in [6.45, 7) is 11.7. The molecular formula is C18H29F. The second-order valence-corrected chi connectivity index (χ2v) is 6.99. The van der Waals surface area contributed by atoms with Gasteiger partial charge in [-0.15, -0.1) is 0 Å². The summed E-state index contributed by atoms with van der Waals surface area (Å²) in [4.78, 5) is 0. The van der Waals surface area contributed by atoms with Crippen molar-refractivity contribution < 1.29 is 4.39 Å². The average Bonchev–Trinajstić information content (AvgIpc) is 2.38. The maximum absolute atomic E-state index is 12.9. The average molecular weight is 264 g/mol. The van der Waals surface area contributed by atoms with Crippen LogP contribution >= 0.6 is 0 Å². The van der Waals surface area contributed by atoms with Gasteiger partial charge >= 0.3 is 0 Å². The van der Waals surface area contributed by atoms with Crippen molar-refractivity contribution in [3.05, 3.63) is 35.6 Å². The highest BCUT2D eigenvalue weighted by Crippen LogP contribution is 2.41. The van der Waals surface area contributed by atoms with Gasteiger partial charge in [0.25, 0.3) is 0 Å². The first-order valence-electron chi connectivity index (χ1n) is 7.55. The zero-order valence-corrected chi connectivity index (χ0v) is 13.2. The molecule has 0 saturated carbocycles. The number of hydrogen-bond acceptors (Lipinski definition) is 0. The highest BCUT2D eigenvalue weighted by molar-refractivity contribution is 5.16. The van der Waals surface area contributed by atoms with E-state index in [2.05, 4.69) is 34.6 Å². The fraction of sp³-hybridized carbons (Fsp3) is 0.667. The van der Waals surface area contributed by atoms with Crippen molar-refractivity contribution in [3.8, 4) is 0 Å². The van der Waals surface area contributed by atoms with Crippen LogP contribution in [0.15, 0.2) is 24.3 Å². The van der Waals surface area contributed by atoms with Crippen molar-refractivity contribution in [3.63, 3.8) is 0 Å². The first kappa shape index (κ1) is 16.2. The standard InChI is InChI=1S/C18H29F/c1-6-17(3,4)14-18(5,7-2)13-12-15-8-10-16(19)11-9-15/h8-11H,6-7,12-14H2,1-5H3. The van der Waals surface area contributed by atoms with Crippen molar-refractivity contribution in [2.45, 2.75) is 66.7 Å². The third kappa shape index (κ3) is 5.34. The van der Waals surface area contributed by atoms with E-state index >= 15 is 0 Å². The molecule has 0 spiro atoms. The number of benzene rings is 1. The first-order chi connectivity index (χ1) is 8.80. The van der Waals surface area contributed by atoms with Crippen LogP contribution in [0.4, 0.5) is 4.39 Å². The summed E-state index contributed by atoms with van der Waals surface area (Å²) >= 11 is 0. The molecule has 1 atom stereocenters. The summed E-state index contributed by atoms with van der Waals surface area (Å²) in [5.41, 5.74) is 2.04. The van der Waals surface area contributed by atoms with Gasteiger partial charge in [-0.1, -0.05) is 59.6 Å². The van der Waals surface area contributed by atoms with E-state index in [9.17, 15) is 4.39 Å². The molecule has 0 nitrogen and oxygen atoms in total. The molecule has 0 radical (unpaired) electrons. The normalized spacial score (nSPS) is 15.3. The lowest BCUT2D eigenvalue weighted by molar-refractivity contribution is 0.153. The van der Waals surface area contributed by atoms with Gasteiger partial charge in [0, 0.05) is 0 Å². The number of hydrogen-bond donors (Lipinski definition) is 0. The molecule has 0 aliphatic carbocycles. The molecule has 0 aromatic heterocycles. The van der Waals surface area contributed by atoms with E-state index in [1.807, 2.05) is 12.1 Å². The quantitative estimate of drug-likeness (QED) is 0.566. The summed E-state index contributed by atoms with van der Waals surface area (Å²) in [6.07, 6.45) is 5.91. The van der Waals surface area contributed by atoms with Gasteiger partial charge in [-0.2, -0.15) is 0 Å². The van der Waals surface area contributed by atoms with Crippen molar-refractivity contribution in [2.75, 3.05) is 0 Å². The topological polar surface area (TPSA) is 0 Å². The molecule has 0 amide bonds. The summed E-state index contributed by atoms with van der Waals surface area (Å²) in [6, 6.07) is 6.95. The van der Waals surface area contributed by atoms with E-state index < -0.39 is 0 Å². The number of aryl methyl sites for hydroxylation is 1. The van der Waals surface area contributed by atoms with Crippen LogP contribution in [-0.4, -0.2) is 0 Å². The van der Waals surface area contributed by atoms with Crippen molar-refractivity contribution >= 4 is 0 Å². The molecule has 1 aromatic carbocycles. The van der Waals surface area contributed by atoms with E-state index in [1.165, 1.54) is 31.2 Å². The van der Waals surface area contributed by atoms with Gasteiger partial charge in [0.15, 0.2) is 0 Å². The third-order valence-electron chi connectivity index (χ3n) is 4.65. The Morgan fingerprint density at radius 2 is 1.53 bits per heavy atom. The van der Waals surface area contributed by atoms with Gasteiger partial charge in [0.05, 0.1) is 0 Å². The van der Waals surface area contributed by atoms with Crippen molar-refractivity contribution in [1.82, 2.24) is 0 Å². The van der Waals surface area contributed by atoms with Crippen LogP contribution in [-0.2, 0) is 6.42 Å². The minimum Gasteiger partial charge on any atom is -0.207 e. The lowest BCUT2D eigenvalue weighted by atomic mass is 9.69. The Labute approximate surface area is 118 Å². The molecule has 0 fully saturated rings. The largest absolute Gasteiger partial charge is 0.207 e. The Morgan fingerprint density at radius 1 is 0.947 bits per heavy atom. The molecule has 0 N–H and O–H groups in total.